The van der Waals surface area contributed by atoms with Crippen LogP contribution in [0.1, 0.15) is 23.6 Å². The van der Waals surface area contributed by atoms with Crippen molar-refractivity contribution in [3.05, 3.63) is 81.6 Å². The molecule has 6 nitrogen and oxygen atoms in total. The molecule has 2 atom stereocenters. The van der Waals surface area contributed by atoms with E-state index in [1.165, 1.54) is 0 Å². The molecule has 7 heteroatoms. The van der Waals surface area contributed by atoms with Gasteiger partial charge in [0.2, 0.25) is 0 Å². The summed E-state index contributed by atoms with van der Waals surface area (Å²) in [6, 6.07) is 13.4. The van der Waals surface area contributed by atoms with Gasteiger partial charge >= 0.3 is 0 Å². The van der Waals surface area contributed by atoms with E-state index in [2.05, 4.69) is 21.4 Å². The Kier molecular flexibility index (Phi) is 4.98. The van der Waals surface area contributed by atoms with Crippen LogP contribution in [0.2, 0.25) is 5.15 Å². The molecule has 0 bridgehead atoms. The van der Waals surface area contributed by atoms with Crippen molar-refractivity contribution in [2.45, 2.75) is 25.0 Å². The smallest absolute Gasteiger partial charge is 0.261 e. The summed E-state index contributed by atoms with van der Waals surface area (Å²) in [6.45, 7) is 1.24. The van der Waals surface area contributed by atoms with Crippen molar-refractivity contribution in [2.75, 3.05) is 13.1 Å². The summed E-state index contributed by atoms with van der Waals surface area (Å²) in [5.74, 6) is 0. The van der Waals surface area contributed by atoms with E-state index in [0.29, 0.717) is 35.4 Å². The van der Waals surface area contributed by atoms with Crippen molar-refractivity contribution in [1.82, 2.24) is 19.9 Å². The molecule has 1 aliphatic rings. The summed E-state index contributed by atoms with van der Waals surface area (Å²) in [5, 5.41) is 16.6. The van der Waals surface area contributed by atoms with E-state index in [0.717, 1.165) is 28.4 Å². The number of aromatic nitrogens is 3. The van der Waals surface area contributed by atoms with E-state index >= 15 is 0 Å². The molecule has 2 N–H and O–H groups in total. The van der Waals surface area contributed by atoms with E-state index in [1.807, 2.05) is 30.3 Å². The fraction of sp³-hybridized carbons (Fsp3) is 0.261. The summed E-state index contributed by atoms with van der Waals surface area (Å²) in [7, 11) is 0. The second kappa shape index (κ2) is 7.80. The number of β-amino-alcohol motifs (C(OH)–C–C–N with tert-alkyl or cyclic N) is 1. The number of nitrogens with one attached hydrogen (secondary N) is 1. The van der Waals surface area contributed by atoms with Crippen LogP contribution in [-0.2, 0) is 6.42 Å². The Morgan fingerprint density at radius 3 is 2.73 bits per heavy atom. The lowest BCUT2D eigenvalue weighted by atomic mass is 9.96. The second-order valence-corrected chi connectivity index (χ2v) is 8.12. The van der Waals surface area contributed by atoms with Gasteiger partial charge in [0.1, 0.15) is 5.15 Å². The summed E-state index contributed by atoms with van der Waals surface area (Å²) in [4.78, 5) is 22.2. The van der Waals surface area contributed by atoms with Gasteiger partial charge in [0.15, 0.2) is 0 Å². The SMILES string of the molecule is O=c1c2cc(Cc3ccc(Cl)nc3)c3ccccc3c2ncn1[C@@H]1CCNC[C@H]1O. The molecule has 1 aliphatic heterocycles. The lowest BCUT2D eigenvalue weighted by molar-refractivity contribution is 0.0852. The number of piperidine rings is 1. The third kappa shape index (κ3) is 3.37. The zero-order valence-corrected chi connectivity index (χ0v) is 17.0. The van der Waals surface area contributed by atoms with Crippen LogP contribution in [-0.4, -0.2) is 38.8 Å². The molecule has 5 rings (SSSR count). The molecule has 3 heterocycles. The van der Waals surface area contributed by atoms with Gasteiger partial charge in [-0.1, -0.05) is 41.9 Å². The number of nitrogens with zero attached hydrogens (tertiary/aromatic N) is 3. The Labute approximate surface area is 178 Å². The van der Waals surface area contributed by atoms with Crippen LogP contribution in [0.25, 0.3) is 21.7 Å². The standard InChI is InChI=1S/C23H21ClN4O2/c24-21-6-5-14(11-26-21)9-15-10-18-22(17-4-2-1-3-16(15)17)27-13-28(23(18)30)19-7-8-25-12-20(19)29/h1-6,10-11,13,19-20,25,29H,7-9,12H2/t19-,20-/m1/s1. The topological polar surface area (TPSA) is 80.0 Å². The minimum absolute atomic E-state index is 0.118. The lowest BCUT2D eigenvalue weighted by Gasteiger charge is -2.29. The Morgan fingerprint density at radius 1 is 1.13 bits per heavy atom. The Balaban J connectivity index is 1.70. The molecule has 0 saturated carbocycles. The first-order valence-electron chi connectivity index (χ1n) is 10.0. The highest BCUT2D eigenvalue weighted by Gasteiger charge is 2.26. The quantitative estimate of drug-likeness (QED) is 0.393. The van der Waals surface area contributed by atoms with Gasteiger partial charge in [-0.05, 0) is 48.0 Å². The summed E-state index contributed by atoms with van der Waals surface area (Å²) >= 11 is 5.92. The molecule has 0 aliphatic carbocycles. The minimum atomic E-state index is -0.615. The second-order valence-electron chi connectivity index (χ2n) is 7.73. The highest BCUT2D eigenvalue weighted by Crippen LogP contribution is 2.28. The predicted molar refractivity (Wildman–Crippen MR) is 118 cm³/mol. The molecule has 0 radical (unpaired) electrons. The molecule has 1 fully saturated rings. The van der Waals surface area contributed by atoms with Crippen molar-refractivity contribution < 1.29 is 5.11 Å². The molecule has 4 aromatic rings. The number of aliphatic hydroxyl groups excluding tert-OH is 1. The van der Waals surface area contributed by atoms with Gasteiger partial charge in [0.05, 0.1) is 29.4 Å². The molecule has 2 aromatic carbocycles. The third-order valence-corrected chi connectivity index (χ3v) is 6.06. The van der Waals surface area contributed by atoms with Crippen LogP contribution in [0.15, 0.2) is 59.8 Å². The van der Waals surface area contributed by atoms with Crippen molar-refractivity contribution in [2.24, 2.45) is 0 Å². The maximum atomic E-state index is 13.4. The summed E-state index contributed by atoms with van der Waals surface area (Å²) in [6.07, 6.45) is 4.04. The highest BCUT2D eigenvalue weighted by molar-refractivity contribution is 6.29. The number of pyridine rings is 1. The molecule has 0 unspecified atom stereocenters. The number of rotatable bonds is 3. The highest BCUT2D eigenvalue weighted by atomic mass is 35.5. The largest absolute Gasteiger partial charge is 0.390 e. The maximum Gasteiger partial charge on any atom is 0.261 e. The fourth-order valence-corrected chi connectivity index (χ4v) is 4.43. The molecule has 0 amide bonds. The molecule has 152 valence electrons. The van der Waals surface area contributed by atoms with Crippen LogP contribution in [0.4, 0.5) is 0 Å². The van der Waals surface area contributed by atoms with E-state index in [1.54, 1.807) is 23.2 Å². The molecule has 2 aromatic heterocycles. The van der Waals surface area contributed by atoms with Crippen molar-refractivity contribution in [1.29, 1.82) is 0 Å². The first kappa shape index (κ1) is 19.2. The minimum Gasteiger partial charge on any atom is -0.390 e. The van der Waals surface area contributed by atoms with Crippen molar-refractivity contribution >= 4 is 33.3 Å². The molecular formula is C23H21ClN4O2. The van der Waals surface area contributed by atoms with Crippen molar-refractivity contribution in [3.8, 4) is 0 Å². The van der Waals surface area contributed by atoms with Gasteiger partial charge in [-0.15, -0.1) is 0 Å². The van der Waals surface area contributed by atoms with Gasteiger partial charge in [-0.2, -0.15) is 0 Å². The van der Waals surface area contributed by atoms with Crippen LogP contribution in [0.3, 0.4) is 0 Å². The van der Waals surface area contributed by atoms with Crippen LogP contribution < -0.4 is 10.9 Å². The van der Waals surface area contributed by atoms with E-state index < -0.39 is 6.10 Å². The van der Waals surface area contributed by atoms with Crippen LogP contribution in [0.5, 0.6) is 0 Å². The van der Waals surface area contributed by atoms with Crippen molar-refractivity contribution in [3.63, 3.8) is 0 Å². The molecular weight excluding hydrogens is 400 g/mol. The van der Waals surface area contributed by atoms with Gasteiger partial charge in [-0.3, -0.25) is 9.36 Å². The van der Waals surface area contributed by atoms with Gasteiger partial charge in [-0.25, -0.2) is 9.97 Å². The molecule has 30 heavy (non-hydrogen) atoms. The normalized spacial score (nSPS) is 19.4. The predicted octanol–water partition coefficient (Wildman–Crippen LogP) is 3.08. The zero-order chi connectivity index (χ0) is 20.7. The zero-order valence-electron chi connectivity index (χ0n) is 16.3. The average Bonchev–Trinajstić information content (AvgIpc) is 2.77. The number of halogens is 1. The number of aliphatic hydroxyl groups is 1. The molecule has 0 spiro atoms. The first-order valence-corrected chi connectivity index (χ1v) is 10.4. The van der Waals surface area contributed by atoms with E-state index in [9.17, 15) is 9.90 Å². The van der Waals surface area contributed by atoms with Gasteiger partial charge < -0.3 is 10.4 Å². The Hall–Kier alpha value is -2.80. The van der Waals surface area contributed by atoms with E-state index in [-0.39, 0.29) is 11.6 Å². The monoisotopic (exact) mass is 420 g/mol. The van der Waals surface area contributed by atoms with Gasteiger partial charge in [0.25, 0.3) is 5.56 Å². The number of fused-ring (bicyclic) bond motifs is 3. The van der Waals surface area contributed by atoms with Crippen LogP contribution in [0, 0.1) is 0 Å². The molecule has 1 saturated heterocycles. The number of benzene rings is 2. The third-order valence-electron chi connectivity index (χ3n) is 5.83. The summed E-state index contributed by atoms with van der Waals surface area (Å²) < 4.78 is 1.59. The average molecular weight is 421 g/mol. The fourth-order valence-electron chi connectivity index (χ4n) is 4.31. The first-order chi connectivity index (χ1) is 14.6. The van der Waals surface area contributed by atoms with Gasteiger partial charge in [0, 0.05) is 18.1 Å². The van der Waals surface area contributed by atoms with E-state index in [4.69, 9.17) is 11.6 Å². The lowest BCUT2D eigenvalue weighted by Crippen LogP contribution is -2.44. The number of hydrogen-bond acceptors (Lipinski definition) is 5. The Morgan fingerprint density at radius 2 is 1.97 bits per heavy atom. The summed E-state index contributed by atoms with van der Waals surface area (Å²) in [5.41, 5.74) is 2.62. The Bertz CT molecular complexity index is 1290. The maximum absolute atomic E-state index is 13.4. The van der Waals surface area contributed by atoms with Crippen LogP contribution >= 0.6 is 11.6 Å². The number of hydrogen-bond donors (Lipinski definition) is 2.